The van der Waals surface area contributed by atoms with Crippen LogP contribution in [0, 0.1) is 0 Å². The number of thioether (sulfide) groups is 1. The van der Waals surface area contributed by atoms with Crippen molar-refractivity contribution >= 4 is 34.3 Å². The second-order valence-corrected chi connectivity index (χ2v) is 12.3. The van der Waals surface area contributed by atoms with E-state index in [0.717, 1.165) is 34.5 Å². The van der Waals surface area contributed by atoms with Gasteiger partial charge in [-0.05, 0) is 100 Å². The molecular formula is C45H41NS. The number of aliphatic imine (C=N–C) groups is 1. The van der Waals surface area contributed by atoms with Gasteiger partial charge < -0.3 is 0 Å². The molecule has 0 N–H and O–H groups in total. The number of hydrogen-bond acceptors (Lipinski definition) is 2. The summed E-state index contributed by atoms with van der Waals surface area (Å²) in [6, 6.07) is 38.2. The third-order valence-corrected chi connectivity index (χ3v) is 9.13. The minimum absolute atomic E-state index is 0.758. The van der Waals surface area contributed by atoms with Crippen LogP contribution in [0.2, 0.25) is 0 Å². The SMILES string of the molecule is C=C/C=C\C(C)=C\Sc1cccc(C(/C=C\C2=CC/C(=C(/C)c3ccc(-c4ccccc4)cc3)C2=NC(=C)c2ccccc2)=C/C)c1. The summed E-state index contributed by atoms with van der Waals surface area (Å²) in [6.07, 6.45) is 15.5. The maximum absolute atomic E-state index is 5.18. The Labute approximate surface area is 285 Å². The standard InChI is InChI=1S/C45H41NS/c1-6-8-16-33(3)32-47-43-22-15-21-42(31-43)36(7-2)23-28-41-29-30-44(45(41)46-35(5)38-17-11-9-12-18-38)34(4)37-24-26-40(27-25-37)39-19-13-10-14-20-39/h6-29,31-32H,1,5,30H2,2-4H3/b16-8-,28-23-,33-32+,36-7+,44-34+,46-45?. The van der Waals surface area contributed by atoms with Crippen LogP contribution in [-0.2, 0) is 0 Å². The van der Waals surface area contributed by atoms with Gasteiger partial charge in [0.15, 0.2) is 0 Å². The number of benzene rings is 4. The zero-order valence-electron chi connectivity index (χ0n) is 27.5. The lowest BCUT2D eigenvalue weighted by molar-refractivity contribution is 1.34. The molecule has 1 aliphatic rings. The third kappa shape index (κ3) is 8.76. The van der Waals surface area contributed by atoms with Crippen molar-refractivity contribution in [2.75, 3.05) is 0 Å². The quantitative estimate of drug-likeness (QED) is 0.119. The van der Waals surface area contributed by atoms with Gasteiger partial charge in [-0.15, -0.1) is 0 Å². The fourth-order valence-corrected chi connectivity index (χ4v) is 6.20. The van der Waals surface area contributed by atoms with Crippen molar-refractivity contribution in [3.05, 3.63) is 204 Å². The van der Waals surface area contributed by atoms with Crippen molar-refractivity contribution in [3.63, 3.8) is 0 Å². The van der Waals surface area contributed by atoms with Crippen LogP contribution in [0.4, 0.5) is 0 Å². The van der Waals surface area contributed by atoms with E-state index in [9.17, 15) is 0 Å². The number of rotatable bonds is 11. The molecule has 4 aromatic rings. The summed E-state index contributed by atoms with van der Waals surface area (Å²) >= 11 is 1.73. The Bertz CT molecular complexity index is 1940. The van der Waals surface area contributed by atoms with Crippen LogP contribution in [0.25, 0.3) is 28.0 Å². The summed E-state index contributed by atoms with van der Waals surface area (Å²) in [4.78, 5) is 6.37. The first-order valence-electron chi connectivity index (χ1n) is 15.9. The minimum atomic E-state index is 0.758. The Hall–Kier alpha value is -5.18. The Morgan fingerprint density at radius 3 is 2.15 bits per heavy atom. The molecular weight excluding hydrogens is 587 g/mol. The van der Waals surface area contributed by atoms with Crippen molar-refractivity contribution in [2.45, 2.75) is 32.1 Å². The van der Waals surface area contributed by atoms with Crippen LogP contribution in [0.15, 0.2) is 197 Å². The lowest BCUT2D eigenvalue weighted by atomic mass is 9.95. The van der Waals surface area contributed by atoms with E-state index in [2.05, 4.69) is 161 Å². The Kier molecular flexibility index (Phi) is 11.6. The molecule has 0 fully saturated rings. The summed E-state index contributed by atoms with van der Waals surface area (Å²) in [5.74, 6) is 0. The van der Waals surface area contributed by atoms with Gasteiger partial charge >= 0.3 is 0 Å². The molecule has 4 aromatic carbocycles. The van der Waals surface area contributed by atoms with Crippen molar-refractivity contribution in [3.8, 4) is 11.1 Å². The second kappa shape index (κ2) is 16.4. The third-order valence-electron chi connectivity index (χ3n) is 8.11. The first-order chi connectivity index (χ1) is 23.0. The highest BCUT2D eigenvalue weighted by molar-refractivity contribution is 8.02. The molecule has 0 radical (unpaired) electrons. The van der Waals surface area contributed by atoms with Gasteiger partial charge in [-0.3, -0.25) is 0 Å². The first kappa shape index (κ1) is 33.2. The summed E-state index contributed by atoms with van der Waals surface area (Å²) in [5.41, 5.74) is 13.5. The van der Waals surface area contributed by atoms with E-state index >= 15 is 0 Å². The van der Waals surface area contributed by atoms with Gasteiger partial charge in [0.1, 0.15) is 0 Å². The minimum Gasteiger partial charge on any atom is -0.248 e. The van der Waals surface area contributed by atoms with Crippen LogP contribution in [0.3, 0.4) is 0 Å². The maximum atomic E-state index is 5.18. The summed E-state index contributed by atoms with van der Waals surface area (Å²) in [7, 11) is 0. The van der Waals surface area contributed by atoms with Gasteiger partial charge in [0.05, 0.1) is 11.4 Å². The van der Waals surface area contributed by atoms with Gasteiger partial charge in [0, 0.05) is 4.90 Å². The lowest BCUT2D eigenvalue weighted by Crippen LogP contribution is -2.02. The summed E-state index contributed by atoms with van der Waals surface area (Å²) in [5, 5.41) is 2.17. The first-order valence-corrected chi connectivity index (χ1v) is 16.8. The predicted octanol–water partition coefficient (Wildman–Crippen LogP) is 13.0. The van der Waals surface area contributed by atoms with E-state index in [-0.39, 0.29) is 0 Å². The topological polar surface area (TPSA) is 12.4 Å². The molecule has 0 bridgehead atoms. The van der Waals surface area contributed by atoms with Gasteiger partial charge in [-0.25, -0.2) is 4.99 Å². The Morgan fingerprint density at radius 1 is 0.766 bits per heavy atom. The summed E-state index contributed by atoms with van der Waals surface area (Å²) in [6.45, 7) is 14.5. The molecule has 0 unspecified atom stereocenters. The van der Waals surface area contributed by atoms with E-state index < -0.39 is 0 Å². The van der Waals surface area contributed by atoms with E-state index in [1.54, 1.807) is 17.8 Å². The largest absolute Gasteiger partial charge is 0.248 e. The molecule has 0 saturated carbocycles. The van der Waals surface area contributed by atoms with Crippen LogP contribution >= 0.6 is 11.8 Å². The molecule has 0 spiro atoms. The van der Waals surface area contributed by atoms with Crippen LogP contribution < -0.4 is 0 Å². The van der Waals surface area contributed by atoms with E-state index in [1.807, 2.05) is 24.3 Å². The van der Waals surface area contributed by atoms with Crippen molar-refractivity contribution in [1.29, 1.82) is 0 Å². The van der Waals surface area contributed by atoms with Crippen LogP contribution in [-0.4, -0.2) is 5.71 Å². The van der Waals surface area contributed by atoms with Gasteiger partial charge in [-0.2, -0.15) is 0 Å². The fourth-order valence-electron chi connectivity index (χ4n) is 5.44. The highest BCUT2D eigenvalue weighted by Crippen LogP contribution is 2.34. The van der Waals surface area contributed by atoms with E-state index in [1.165, 1.54) is 43.9 Å². The van der Waals surface area contributed by atoms with Crippen LogP contribution in [0.5, 0.6) is 0 Å². The molecule has 0 saturated heterocycles. The molecule has 47 heavy (non-hydrogen) atoms. The fraction of sp³-hybridized carbons (Fsp3) is 0.0889. The molecule has 2 heteroatoms. The number of nitrogens with zero attached hydrogens (tertiary/aromatic N) is 1. The normalized spacial score (nSPS) is 15.8. The highest BCUT2D eigenvalue weighted by Gasteiger charge is 2.21. The van der Waals surface area contributed by atoms with E-state index in [0.29, 0.717) is 0 Å². The summed E-state index contributed by atoms with van der Waals surface area (Å²) < 4.78 is 0. The molecule has 5 rings (SSSR count). The smallest absolute Gasteiger partial charge is 0.0744 e. The van der Waals surface area contributed by atoms with E-state index in [4.69, 9.17) is 4.99 Å². The Balaban J connectivity index is 1.44. The molecule has 232 valence electrons. The lowest BCUT2D eigenvalue weighted by Gasteiger charge is -2.12. The van der Waals surface area contributed by atoms with Crippen molar-refractivity contribution in [1.82, 2.24) is 0 Å². The number of hydrogen-bond donors (Lipinski definition) is 0. The molecule has 0 amide bonds. The predicted molar refractivity (Wildman–Crippen MR) is 208 cm³/mol. The average Bonchev–Trinajstić information content (AvgIpc) is 3.52. The molecule has 0 aromatic heterocycles. The monoisotopic (exact) mass is 627 g/mol. The maximum Gasteiger partial charge on any atom is 0.0744 e. The van der Waals surface area contributed by atoms with Gasteiger partial charge in [-0.1, -0.05) is 165 Å². The second-order valence-electron chi connectivity index (χ2n) is 11.4. The van der Waals surface area contributed by atoms with Crippen molar-refractivity contribution < 1.29 is 0 Å². The molecule has 0 atom stereocenters. The van der Waals surface area contributed by atoms with Gasteiger partial charge in [0.2, 0.25) is 0 Å². The van der Waals surface area contributed by atoms with Gasteiger partial charge in [0.25, 0.3) is 0 Å². The zero-order valence-corrected chi connectivity index (χ0v) is 28.3. The zero-order chi connectivity index (χ0) is 33.0. The molecule has 0 aliphatic heterocycles. The highest BCUT2D eigenvalue weighted by atomic mass is 32.2. The Morgan fingerprint density at radius 2 is 1.45 bits per heavy atom. The van der Waals surface area contributed by atoms with Crippen molar-refractivity contribution in [2.24, 2.45) is 4.99 Å². The average molecular weight is 628 g/mol. The molecule has 1 nitrogen and oxygen atoms in total. The molecule has 1 aliphatic carbocycles. The number of allylic oxidation sites excluding steroid dienone is 12. The molecule has 0 heterocycles. The van der Waals surface area contributed by atoms with Crippen LogP contribution in [0.1, 0.15) is 43.9 Å².